The Labute approximate surface area is 102 Å². The summed E-state index contributed by atoms with van der Waals surface area (Å²) in [7, 11) is 0. The van der Waals surface area contributed by atoms with Gasteiger partial charge in [-0.2, -0.15) is 5.10 Å². The van der Waals surface area contributed by atoms with Gasteiger partial charge in [-0.25, -0.2) is 0 Å². The Bertz CT molecular complexity index is 494. The van der Waals surface area contributed by atoms with Gasteiger partial charge >= 0.3 is 0 Å². The Morgan fingerprint density at radius 3 is 3.24 bits per heavy atom. The van der Waals surface area contributed by atoms with Crippen LogP contribution >= 0.6 is 11.3 Å². The van der Waals surface area contributed by atoms with Crippen LogP contribution in [0, 0.1) is 0 Å². The van der Waals surface area contributed by atoms with Crippen molar-refractivity contribution < 1.29 is 4.79 Å². The van der Waals surface area contributed by atoms with Crippen LogP contribution in [0.4, 0.5) is 0 Å². The van der Waals surface area contributed by atoms with E-state index in [1.165, 1.54) is 11.3 Å². The maximum Gasteiger partial charge on any atom is 0.265 e. The van der Waals surface area contributed by atoms with E-state index in [4.69, 9.17) is 0 Å². The molecule has 5 nitrogen and oxygen atoms in total. The summed E-state index contributed by atoms with van der Waals surface area (Å²) in [5.74, 6) is 0.476. The molecule has 2 aromatic rings. The van der Waals surface area contributed by atoms with E-state index >= 15 is 0 Å². The molecule has 1 fully saturated rings. The molecule has 1 amide bonds. The summed E-state index contributed by atoms with van der Waals surface area (Å²) in [6.07, 6.45) is 4.38. The van der Waals surface area contributed by atoms with Gasteiger partial charge in [-0.05, 0) is 12.5 Å². The van der Waals surface area contributed by atoms with Gasteiger partial charge < -0.3 is 4.90 Å². The lowest BCUT2D eigenvalue weighted by Crippen LogP contribution is -2.27. The van der Waals surface area contributed by atoms with Crippen molar-refractivity contribution in [2.75, 3.05) is 13.1 Å². The Kier molecular flexibility index (Phi) is 2.64. The Morgan fingerprint density at radius 2 is 2.53 bits per heavy atom. The van der Waals surface area contributed by atoms with Gasteiger partial charge in [-0.3, -0.25) is 14.9 Å². The number of carbonyl (C=O) groups is 1. The Hall–Kier alpha value is -1.69. The van der Waals surface area contributed by atoms with Crippen LogP contribution in [0.25, 0.3) is 0 Å². The first-order valence-corrected chi connectivity index (χ1v) is 6.39. The average molecular weight is 248 g/mol. The van der Waals surface area contributed by atoms with Crippen LogP contribution in [0.3, 0.4) is 0 Å². The van der Waals surface area contributed by atoms with Crippen molar-refractivity contribution in [3.63, 3.8) is 0 Å². The first-order valence-electron chi connectivity index (χ1n) is 5.51. The summed E-state index contributed by atoms with van der Waals surface area (Å²) >= 11 is 1.39. The van der Waals surface area contributed by atoms with E-state index in [0.29, 0.717) is 5.92 Å². The number of amides is 1. The molecule has 0 radical (unpaired) electrons. The highest BCUT2D eigenvalue weighted by molar-refractivity contribution is 7.11. The quantitative estimate of drug-likeness (QED) is 0.876. The Balaban J connectivity index is 1.70. The molecule has 17 heavy (non-hydrogen) atoms. The second kappa shape index (κ2) is 4.29. The van der Waals surface area contributed by atoms with Gasteiger partial charge in [0.05, 0.1) is 11.7 Å². The number of rotatable bonds is 2. The lowest BCUT2D eigenvalue weighted by molar-refractivity contribution is 0.0795. The highest BCUT2D eigenvalue weighted by atomic mass is 32.1. The molecule has 0 aromatic carbocycles. The third-order valence-corrected chi connectivity index (χ3v) is 3.84. The van der Waals surface area contributed by atoms with Gasteiger partial charge in [-0.1, -0.05) is 0 Å². The zero-order chi connectivity index (χ0) is 11.7. The topological polar surface area (TPSA) is 61.9 Å². The second-order valence-corrected chi connectivity index (χ2v) is 5.00. The number of nitrogens with one attached hydrogen (secondary N) is 1. The molecule has 1 N–H and O–H groups in total. The predicted octanol–water partition coefficient (Wildman–Crippen LogP) is 1.50. The predicted molar refractivity (Wildman–Crippen MR) is 64.0 cm³/mol. The smallest absolute Gasteiger partial charge is 0.265 e. The van der Waals surface area contributed by atoms with Crippen molar-refractivity contribution in [1.82, 2.24) is 20.1 Å². The molecule has 0 bridgehead atoms. The van der Waals surface area contributed by atoms with Gasteiger partial charge in [0.2, 0.25) is 0 Å². The van der Waals surface area contributed by atoms with Crippen LogP contribution in [-0.2, 0) is 0 Å². The van der Waals surface area contributed by atoms with Crippen molar-refractivity contribution in [2.45, 2.75) is 12.3 Å². The molecule has 1 atom stereocenters. The van der Waals surface area contributed by atoms with Crippen molar-refractivity contribution in [3.8, 4) is 0 Å². The van der Waals surface area contributed by atoms with E-state index in [1.54, 1.807) is 17.9 Å². The van der Waals surface area contributed by atoms with E-state index in [2.05, 4.69) is 15.2 Å². The molecule has 2 aromatic heterocycles. The summed E-state index contributed by atoms with van der Waals surface area (Å²) in [5, 5.41) is 6.93. The molecule has 0 aliphatic carbocycles. The molecule has 3 rings (SSSR count). The SMILES string of the molecule is O=C(c1cncs1)N1CCC(c2ccn[nH]2)C1. The number of nitrogens with zero attached hydrogens (tertiary/aromatic N) is 3. The van der Waals surface area contributed by atoms with Gasteiger partial charge in [-0.15, -0.1) is 11.3 Å². The molecule has 6 heteroatoms. The number of aromatic nitrogens is 3. The lowest BCUT2D eigenvalue weighted by atomic mass is 10.1. The number of hydrogen-bond acceptors (Lipinski definition) is 4. The minimum atomic E-state index is 0.0921. The fraction of sp³-hybridized carbons (Fsp3) is 0.364. The molecular formula is C11H12N4OS. The number of thiazole rings is 1. The van der Waals surface area contributed by atoms with Gasteiger partial charge in [0.15, 0.2) is 0 Å². The third-order valence-electron chi connectivity index (χ3n) is 3.08. The lowest BCUT2D eigenvalue weighted by Gasteiger charge is -2.14. The summed E-state index contributed by atoms with van der Waals surface area (Å²) < 4.78 is 0. The number of H-pyrrole nitrogens is 1. The summed E-state index contributed by atoms with van der Waals surface area (Å²) in [6.45, 7) is 1.57. The zero-order valence-electron chi connectivity index (χ0n) is 9.17. The number of aromatic amines is 1. The van der Waals surface area contributed by atoms with Gasteiger partial charge in [0, 0.05) is 30.9 Å². The molecule has 88 valence electrons. The van der Waals surface area contributed by atoms with Crippen molar-refractivity contribution in [3.05, 3.63) is 34.5 Å². The molecule has 3 heterocycles. The molecular weight excluding hydrogens is 236 g/mol. The number of carbonyl (C=O) groups excluding carboxylic acids is 1. The maximum absolute atomic E-state index is 12.1. The largest absolute Gasteiger partial charge is 0.337 e. The fourth-order valence-electron chi connectivity index (χ4n) is 2.17. The number of hydrogen-bond donors (Lipinski definition) is 1. The molecule has 1 saturated heterocycles. The summed E-state index contributed by atoms with van der Waals surface area (Å²) in [5.41, 5.74) is 2.81. The van der Waals surface area contributed by atoms with Crippen LogP contribution in [0.15, 0.2) is 24.0 Å². The second-order valence-electron chi connectivity index (χ2n) is 4.11. The molecule has 1 aliphatic heterocycles. The monoisotopic (exact) mass is 248 g/mol. The van der Waals surface area contributed by atoms with Crippen LogP contribution in [0.2, 0.25) is 0 Å². The molecule has 0 spiro atoms. The third kappa shape index (κ3) is 1.95. The summed E-state index contributed by atoms with van der Waals surface area (Å²) in [6, 6.07) is 1.98. The minimum absolute atomic E-state index is 0.0921. The normalized spacial score (nSPS) is 19.8. The van der Waals surface area contributed by atoms with Crippen LogP contribution in [-0.4, -0.2) is 39.1 Å². The highest BCUT2D eigenvalue weighted by Gasteiger charge is 2.29. The minimum Gasteiger partial charge on any atom is -0.337 e. The van der Waals surface area contributed by atoms with Gasteiger partial charge in [0.25, 0.3) is 5.91 Å². The molecule has 1 aliphatic rings. The van der Waals surface area contributed by atoms with Crippen molar-refractivity contribution in [1.29, 1.82) is 0 Å². The maximum atomic E-state index is 12.1. The first-order chi connectivity index (χ1) is 8.34. The molecule has 0 saturated carbocycles. The molecule has 1 unspecified atom stereocenters. The Morgan fingerprint density at radius 1 is 1.59 bits per heavy atom. The standard InChI is InChI=1S/C11H12N4OS/c16-11(10-5-12-7-17-10)15-4-2-8(6-15)9-1-3-13-14-9/h1,3,5,7-8H,2,4,6H2,(H,13,14). The van der Waals surface area contributed by atoms with E-state index in [9.17, 15) is 4.79 Å². The first kappa shape index (κ1) is 10.5. The zero-order valence-corrected chi connectivity index (χ0v) is 9.98. The summed E-state index contributed by atoms with van der Waals surface area (Å²) in [4.78, 5) is 18.6. The number of likely N-dealkylation sites (tertiary alicyclic amines) is 1. The highest BCUT2D eigenvalue weighted by Crippen LogP contribution is 2.26. The van der Waals surface area contributed by atoms with Crippen LogP contribution in [0.5, 0.6) is 0 Å². The average Bonchev–Trinajstić information content (AvgIpc) is 3.09. The van der Waals surface area contributed by atoms with E-state index in [0.717, 1.165) is 30.1 Å². The van der Waals surface area contributed by atoms with E-state index in [1.807, 2.05) is 11.0 Å². The van der Waals surface area contributed by atoms with Crippen LogP contribution < -0.4 is 0 Å². The van der Waals surface area contributed by atoms with E-state index in [-0.39, 0.29) is 5.91 Å². The van der Waals surface area contributed by atoms with Crippen molar-refractivity contribution >= 4 is 17.2 Å². The van der Waals surface area contributed by atoms with E-state index < -0.39 is 0 Å². The van der Waals surface area contributed by atoms with Crippen molar-refractivity contribution in [2.24, 2.45) is 0 Å². The van der Waals surface area contributed by atoms with Crippen LogP contribution in [0.1, 0.15) is 27.7 Å². The van der Waals surface area contributed by atoms with Gasteiger partial charge in [0.1, 0.15) is 4.88 Å². The fourth-order valence-corrected chi connectivity index (χ4v) is 2.76.